The molecule has 0 aliphatic rings. The summed E-state index contributed by atoms with van der Waals surface area (Å²) in [6.45, 7) is 10.5. The van der Waals surface area contributed by atoms with E-state index >= 15 is 0 Å². The molecule has 0 aromatic heterocycles. The molecular weight excluding hydrogens is 210 g/mol. The maximum absolute atomic E-state index is 12.2. The summed E-state index contributed by atoms with van der Waals surface area (Å²) < 4.78 is 0. The van der Waals surface area contributed by atoms with Crippen molar-refractivity contribution in [2.75, 3.05) is 0 Å². The summed E-state index contributed by atoms with van der Waals surface area (Å²) in [5.41, 5.74) is 1.80. The fraction of sp³-hybridized carbons (Fsp3) is 0.533. The van der Waals surface area contributed by atoms with Crippen molar-refractivity contribution in [3.05, 3.63) is 35.4 Å². The Hall–Kier alpha value is -1.31. The van der Waals surface area contributed by atoms with E-state index in [0.29, 0.717) is 11.8 Å². The molecule has 0 bridgehead atoms. The van der Waals surface area contributed by atoms with Gasteiger partial charge in [0.15, 0.2) is 0 Å². The first-order chi connectivity index (χ1) is 7.93. The van der Waals surface area contributed by atoms with Crippen LogP contribution in [0, 0.1) is 18.8 Å². The molecule has 0 fully saturated rings. The number of carbonyl (C=O) groups excluding carboxylic acids is 1. The van der Waals surface area contributed by atoms with Gasteiger partial charge in [-0.1, -0.05) is 45.9 Å². The minimum atomic E-state index is 0.0375. The summed E-state index contributed by atoms with van der Waals surface area (Å²) in [5.74, 6) is 0.932. The lowest BCUT2D eigenvalue weighted by atomic mass is 9.93. The second-order valence-electron chi connectivity index (χ2n) is 5.30. The first-order valence-electron chi connectivity index (χ1n) is 6.30. The normalized spacial score (nSPS) is 11.3. The summed E-state index contributed by atoms with van der Waals surface area (Å²) in [5, 5.41) is 3.13. The van der Waals surface area contributed by atoms with Crippen LogP contribution in [0.5, 0.6) is 0 Å². The van der Waals surface area contributed by atoms with Gasteiger partial charge < -0.3 is 5.32 Å². The second kappa shape index (κ2) is 5.85. The molecule has 0 unspecified atom stereocenters. The van der Waals surface area contributed by atoms with E-state index in [-0.39, 0.29) is 11.9 Å². The summed E-state index contributed by atoms with van der Waals surface area (Å²) in [4.78, 5) is 12.2. The van der Waals surface area contributed by atoms with Gasteiger partial charge in [-0.2, -0.15) is 0 Å². The summed E-state index contributed by atoms with van der Waals surface area (Å²) in [7, 11) is 0. The van der Waals surface area contributed by atoms with Gasteiger partial charge in [0.05, 0.1) is 0 Å². The van der Waals surface area contributed by atoms with Crippen molar-refractivity contribution >= 4 is 5.91 Å². The van der Waals surface area contributed by atoms with Gasteiger partial charge in [0.1, 0.15) is 0 Å². The molecule has 1 amide bonds. The number of rotatable bonds is 4. The van der Waals surface area contributed by atoms with E-state index in [1.807, 2.05) is 31.2 Å². The number of hydrogen-bond acceptors (Lipinski definition) is 1. The van der Waals surface area contributed by atoms with Gasteiger partial charge in [0.25, 0.3) is 5.91 Å². The lowest BCUT2D eigenvalue weighted by Gasteiger charge is -2.26. The van der Waals surface area contributed by atoms with Gasteiger partial charge >= 0.3 is 0 Å². The van der Waals surface area contributed by atoms with Gasteiger partial charge in [-0.15, -0.1) is 0 Å². The lowest BCUT2D eigenvalue weighted by molar-refractivity contribution is 0.0910. The SMILES string of the molecule is Cc1ccccc1C(=O)NC(C(C)C)C(C)C. The Morgan fingerprint density at radius 2 is 1.59 bits per heavy atom. The molecule has 0 aliphatic heterocycles. The van der Waals surface area contributed by atoms with Crippen molar-refractivity contribution in [3.63, 3.8) is 0 Å². The van der Waals surface area contributed by atoms with Gasteiger partial charge in [-0.3, -0.25) is 4.79 Å². The number of nitrogens with one attached hydrogen (secondary N) is 1. The van der Waals surface area contributed by atoms with Gasteiger partial charge in [-0.05, 0) is 30.4 Å². The summed E-state index contributed by atoms with van der Waals surface area (Å²) in [6, 6.07) is 7.93. The topological polar surface area (TPSA) is 29.1 Å². The van der Waals surface area contributed by atoms with E-state index in [4.69, 9.17) is 0 Å². The smallest absolute Gasteiger partial charge is 0.251 e. The van der Waals surface area contributed by atoms with Crippen LogP contribution in [0.1, 0.15) is 43.6 Å². The number of aryl methyl sites for hydroxylation is 1. The predicted octanol–water partition coefficient (Wildman–Crippen LogP) is 3.41. The van der Waals surface area contributed by atoms with Gasteiger partial charge in [0.2, 0.25) is 0 Å². The van der Waals surface area contributed by atoms with E-state index in [2.05, 4.69) is 33.0 Å². The Bertz CT molecular complexity index is 374. The first kappa shape index (κ1) is 13.8. The highest BCUT2D eigenvalue weighted by molar-refractivity contribution is 5.95. The molecule has 2 heteroatoms. The van der Waals surface area contributed by atoms with Crippen LogP contribution in [0.25, 0.3) is 0 Å². The molecule has 0 spiro atoms. The Morgan fingerprint density at radius 3 is 2.06 bits per heavy atom. The standard InChI is InChI=1S/C15H23NO/c1-10(2)14(11(3)4)16-15(17)13-9-7-6-8-12(13)5/h6-11,14H,1-5H3,(H,16,17). The Labute approximate surface area is 104 Å². The quantitative estimate of drug-likeness (QED) is 0.848. The zero-order chi connectivity index (χ0) is 13.0. The Balaban J connectivity index is 2.82. The Kier molecular flexibility index (Phi) is 4.73. The minimum absolute atomic E-state index is 0.0375. The largest absolute Gasteiger partial charge is 0.349 e. The highest BCUT2D eigenvalue weighted by Gasteiger charge is 2.20. The molecule has 1 N–H and O–H groups in total. The van der Waals surface area contributed by atoms with Crippen LogP contribution < -0.4 is 5.32 Å². The highest BCUT2D eigenvalue weighted by atomic mass is 16.1. The fourth-order valence-corrected chi connectivity index (χ4v) is 2.16. The highest BCUT2D eigenvalue weighted by Crippen LogP contribution is 2.14. The zero-order valence-electron chi connectivity index (χ0n) is 11.4. The molecule has 0 atom stereocenters. The number of benzene rings is 1. The van der Waals surface area contributed by atoms with E-state index in [0.717, 1.165) is 11.1 Å². The summed E-state index contributed by atoms with van der Waals surface area (Å²) in [6.07, 6.45) is 0. The molecule has 17 heavy (non-hydrogen) atoms. The van der Waals surface area contributed by atoms with Crippen LogP contribution in [0.2, 0.25) is 0 Å². The minimum Gasteiger partial charge on any atom is -0.349 e. The molecule has 0 heterocycles. The maximum atomic E-state index is 12.2. The molecule has 0 aliphatic carbocycles. The first-order valence-corrected chi connectivity index (χ1v) is 6.30. The van der Waals surface area contributed by atoms with Crippen molar-refractivity contribution in [2.45, 2.75) is 40.7 Å². The lowest BCUT2D eigenvalue weighted by Crippen LogP contribution is -2.42. The number of hydrogen-bond donors (Lipinski definition) is 1. The average Bonchev–Trinajstić information content (AvgIpc) is 2.25. The van der Waals surface area contributed by atoms with E-state index in [1.165, 1.54) is 0 Å². The molecule has 0 saturated carbocycles. The number of amides is 1. The fourth-order valence-electron chi connectivity index (χ4n) is 2.16. The monoisotopic (exact) mass is 233 g/mol. The van der Waals surface area contributed by atoms with E-state index in [1.54, 1.807) is 0 Å². The molecular formula is C15H23NO. The third-order valence-corrected chi connectivity index (χ3v) is 3.12. The van der Waals surface area contributed by atoms with Crippen LogP contribution in [0.3, 0.4) is 0 Å². The molecule has 1 aromatic rings. The Morgan fingerprint density at radius 1 is 1.06 bits per heavy atom. The molecule has 2 nitrogen and oxygen atoms in total. The third-order valence-electron chi connectivity index (χ3n) is 3.12. The molecule has 94 valence electrons. The zero-order valence-corrected chi connectivity index (χ0v) is 11.4. The third kappa shape index (κ3) is 3.58. The van der Waals surface area contributed by atoms with Crippen molar-refractivity contribution in [1.82, 2.24) is 5.32 Å². The van der Waals surface area contributed by atoms with E-state index < -0.39 is 0 Å². The van der Waals surface area contributed by atoms with Crippen molar-refractivity contribution in [1.29, 1.82) is 0 Å². The summed E-state index contributed by atoms with van der Waals surface area (Å²) >= 11 is 0. The molecule has 1 aromatic carbocycles. The van der Waals surface area contributed by atoms with Crippen LogP contribution in [-0.2, 0) is 0 Å². The van der Waals surface area contributed by atoms with E-state index in [9.17, 15) is 4.79 Å². The molecule has 1 rings (SSSR count). The van der Waals surface area contributed by atoms with Crippen LogP contribution in [0.4, 0.5) is 0 Å². The molecule has 0 saturated heterocycles. The van der Waals surface area contributed by atoms with Crippen LogP contribution >= 0.6 is 0 Å². The average molecular weight is 233 g/mol. The van der Waals surface area contributed by atoms with Gasteiger partial charge in [0, 0.05) is 11.6 Å². The van der Waals surface area contributed by atoms with Crippen molar-refractivity contribution in [3.8, 4) is 0 Å². The maximum Gasteiger partial charge on any atom is 0.251 e. The van der Waals surface area contributed by atoms with Crippen LogP contribution in [-0.4, -0.2) is 11.9 Å². The van der Waals surface area contributed by atoms with Crippen molar-refractivity contribution in [2.24, 2.45) is 11.8 Å². The van der Waals surface area contributed by atoms with Crippen molar-refractivity contribution < 1.29 is 4.79 Å². The van der Waals surface area contributed by atoms with Crippen LogP contribution in [0.15, 0.2) is 24.3 Å². The predicted molar refractivity (Wildman–Crippen MR) is 72.1 cm³/mol. The number of carbonyl (C=O) groups is 1. The van der Waals surface area contributed by atoms with Gasteiger partial charge in [-0.25, -0.2) is 0 Å². The second-order valence-corrected chi connectivity index (χ2v) is 5.30. The molecule has 0 radical (unpaired) electrons.